The van der Waals surface area contributed by atoms with Gasteiger partial charge in [-0.05, 0) is 36.8 Å². The summed E-state index contributed by atoms with van der Waals surface area (Å²) in [4.78, 5) is 23.9. The van der Waals surface area contributed by atoms with E-state index < -0.39 is 0 Å². The molecule has 1 amide bonds. The van der Waals surface area contributed by atoms with Crippen LogP contribution in [0.3, 0.4) is 0 Å². The number of hydrogen-bond acceptors (Lipinski definition) is 8. The number of nitrogens with zero attached hydrogens (tertiary/aromatic N) is 3. The van der Waals surface area contributed by atoms with Gasteiger partial charge in [0.05, 0.1) is 26.9 Å². The standard InChI is InChI=1S/C23H26N4O4S/c1-3-31-20-12-16(4-5-19(20)29-2)14-25-22(28)18-15-32-23(26-18)17-6-7-24-21(13-17)27-8-10-30-11-9-27/h4-7,12-13,15H,3,8-11,14H2,1-2H3,(H,25,28). The van der Waals surface area contributed by atoms with E-state index in [-0.39, 0.29) is 5.91 Å². The van der Waals surface area contributed by atoms with Gasteiger partial charge in [-0.2, -0.15) is 0 Å². The third-order valence-electron chi connectivity index (χ3n) is 5.05. The minimum absolute atomic E-state index is 0.219. The molecule has 0 bridgehead atoms. The number of rotatable bonds is 8. The Morgan fingerprint density at radius 3 is 2.84 bits per heavy atom. The second-order valence-electron chi connectivity index (χ2n) is 7.14. The molecule has 168 valence electrons. The van der Waals surface area contributed by atoms with Gasteiger partial charge in [0.25, 0.3) is 5.91 Å². The van der Waals surface area contributed by atoms with E-state index >= 15 is 0 Å². The predicted molar refractivity (Wildman–Crippen MR) is 124 cm³/mol. The minimum atomic E-state index is -0.219. The molecular formula is C23H26N4O4S. The molecule has 3 heterocycles. The number of benzene rings is 1. The number of hydrogen-bond donors (Lipinski definition) is 1. The fourth-order valence-electron chi connectivity index (χ4n) is 3.40. The maximum Gasteiger partial charge on any atom is 0.271 e. The fraction of sp³-hybridized carbons (Fsp3) is 0.348. The van der Waals surface area contributed by atoms with Crippen molar-refractivity contribution in [3.05, 3.63) is 53.2 Å². The average Bonchev–Trinajstić information content (AvgIpc) is 3.34. The maximum atomic E-state index is 12.7. The lowest BCUT2D eigenvalue weighted by atomic mass is 10.2. The van der Waals surface area contributed by atoms with Crippen molar-refractivity contribution in [1.29, 1.82) is 0 Å². The van der Waals surface area contributed by atoms with Crippen molar-refractivity contribution < 1.29 is 19.0 Å². The summed E-state index contributed by atoms with van der Waals surface area (Å²) in [5.74, 6) is 2.01. The number of methoxy groups -OCH3 is 1. The van der Waals surface area contributed by atoms with Crippen LogP contribution in [0.15, 0.2) is 41.9 Å². The first kappa shape index (κ1) is 22.0. The molecule has 1 aliphatic heterocycles. The molecule has 0 saturated carbocycles. The molecule has 1 N–H and O–H groups in total. The van der Waals surface area contributed by atoms with Crippen LogP contribution in [0.2, 0.25) is 0 Å². The van der Waals surface area contributed by atoms with Gasteiger partial charge in [-0.1, -0.05) is 6.07 Å². The summed E-state index contributed by atoms with van der Waals surface area (Å²) in [5.41, 5.74) is 2.26. The summed E-state index contributed by atoms with van der Waals surface area (Å²) < 4.78 is 16.3. The molecule has 0 atom stereocenters. The van der Waals surface area contributed by atoms with E-state index in [1.165, 1.54) is 11.3 Å². The number of nitrogens with one attached hydrogen (secondary N) is 1. The van der Waals surface area contributed by atoms with Crippen molar-refractivity contribution in [2.45, 2.75) is 13.5 Å². The highest BCUT2D eigenvalue weighted by Gasteiger charge is 2.16. The Balaban J connectivity index is 1.41. The first-order valence-corrected chi connectivity index (χ1v) is 11.4. The lowest BCUT2D eigenvalue weighted by Gasteiger charge is -2.27. The van der Waals surface area contributed by atoms with E-state index in [0.717, 1.165) is 35.0 Å². The molecule has 1 aliphatic rings. The number of carbonyl (C=O) groups excluding carboxylic acids is 1. The topological polar surface area (TPSA) is 85.8 Å². The van der Waals surface area contributed by atoms with Crippen LogP contribution in [0.25, 0.3) is 10.6 Å². The fourth-order valence-corrected chi connectivity index (χ4v) is 4.20. The van der Waals surface area contributed by atoms with Crippen LogP contribution in [0.5, 0.6) is 11.5 Å². The smallest absolute Gasteiger partial charge is 0.271 e. The molecule has 0 radical (unpaired) electrons. The molecule has 1 fully saturated rings. The van der Waals surface area contributed by atoms with Gasteiger partial charge in [-0.15, -0.1) is 11.3 Å². The van der Waals surface area contributed by atoms with E-state index in [0.29, 0.717) is 43.6 Å². The molecular weight excluding hydrogens is 428 g/mol. The number of aromatic nitrogens is 2. The van der Waals surface area contributed by atoms with Gasteiger partial charge in [-0.25, -0.2) is 9.97 Å². The van der Waals surface area contributed by atoms with Gasteiger partial charge in [0.2, 0.25) is 0 Å². The summed E-state index contributed by atoms with van der Waals surface area (Å²) in [6.07, 6.45) is 1.78. The number of carbonyl (C=O) groups is 1. The monoisotopic (exact) mass is 454 g/mol. The van der Waals surface area contributed by atoms with Crippen molar-refractivity contribution in [2.75, 3.05) is 44.9 Å². The van der Waals surface area contributed by atoms with Crippen LogP contribution < -0.4 is 19.7 Å². The Kier molecular flexibility index (Phi) is 7.18. The molecule has 1 saturated heterocycles. The third kappa shape index (κ3) is 5.17. The van der Waals surface area contributed by atoms with Crippen molar-refractivity contribution in [3.63, 3.8) is 0 Å². The molecule has 0 spiro atoms. The van der Waals surface area contributed by atoms with Crippen LogP contribution in [0.1, 0.15) is 23.0 Å². The molecule has 32 heavy (non-hydrogen) atoms. The predicted octanol–water partition coefficient (Wildman–Crippen LogP) is 3.38. The number of morpholine rings is 1. The van der Waals surface area contributed by atoms with Gasteiger partial charge in [0, 0.05) is 36.8 Å². The van der Waals surface area contributed by atoms with Crippen molar-refractivity contribution in [2.24, 2.45) is 0 Å². The first-order valence-electron chi connectivity index (χ1n) is 10.5. The average molecular weight is 455 g/mol. The van der Waals surface area contributed by atoms with Crippen LogP contribution >= 0.6 is 11.3 Å². The summed E-state index contributed by atoms with van der Waals surface area (Å²) >= 11 is 1.44. The zero-order valence-electron chi connectivity index (χ0n) is 18.2. The highest BCUT2D eigenvalue weighted by atomic mass is 32.1. The van der Waals surface area contributed by atoms with Crippen LogP contribution in [-0.4, -0.2) is 55.9 Å². The van der Waals surface area contributed by atoms with Gasteiger partial charge in [0.1, 0.15) is 16.5 Å². The SMILES string of the molecule is CCOc1cc(CNC(=O)c2csc(-c3ccnc(N4CCOCC4)c3)n2)ccc1OC. The van der Waals surface area contributed by atoms with E-state index in [1.54, 1.807) is 18.7 Å². The van der Waals surface area contributed by atoms with Crippen LogP contribution in [0, 0.1) is 0 Å². The second-order valence-corrected chi connectivity index (χ2v) is 8.00. The number of ether oxygens (including phenoxy) is 3. The minimum Gasteiger partial charge on any atom is -0.493 e. The highest BCUT2D eigenvalue weighted by molar-refractivity contribution is 7.13. The summed E-state index contributed by atoms with van der Waals surface area (Å²) in [6, 6.07) is 9.54. The van der Waals surface area contributed by atoms with Gasteiger partial charge in [0.15, 0.2) is 11.5 Å². The Labute approximate surface area is 191 Å². The van der Waals surface area contributed by atoms with Crippen LogP contribution in [-0.2, 0) is 11.3 Å². The zero-order chi connectivity index (χ0) is 22.3. The Morgan fingerprint density at radius 2 is 2.06 bits per heavy atom. The van der Waals surface area contributed by atoms with E-state index in [2.05, 4.69) is 20.2 Å². The molecule has 8 nitrogen and oxygen atoms in total. The van der Waals surface area contributed by atoms with E-state index in [9.17, 15) is 4.79 Å². The van der Waals surface area contributed by atoms with E-state index in [4.69, 9.17) is 14.2 Å². The summed E-state index contributed by atoms with van der Waals surface area (Å²) in [7, 11) is 1.60. The van der Waals surface area contributed by atoms with Crippen molar-refractivity contribution in [1.82, 2.24) is 15.3 Å². The Bertz CT molecular complexity index is 1070. The van der Waals surface area contributed by atoms with Crippen LogP contribution in [0.4, 0.5) is 5.82 Å². The Hall–Kier alpha value is -3.17. The third-order valence-corrected chi connectivity index (χ3v) is 5.94. The lowest BCUT2D eigenvalue weighted by molar-refractivity contribution is 0.0946. The summed E-state index contributed by atoms with van der Waals surface area (Å²) in [6.45, 7) is 5.86. The van der Waals surface area contributed by atoms with E-state index in [1.807, 2.05) is 37.3 Å². The number of pyridine rings is 1. The Morgan fingerprint density at radius 1 is 1.22 bits per heavy atom. The molecule has 3 aromatic rings. The number of amides is 1. The molecule has 4 rings (SSSR count). The molecule has 1 aromatic carbocycles. The summed E-state index contributed by atoms with van der Waals surface area (Å²) in [5, 5.41) is 5.49. The number of thiazole rings is 1. The zero-order valence-corrected chi connectivity index (χ0v) is 19.0. The molecule has 2 aromatic heterocycles. The largest absolute Gasteiger partial charge is 0.493 e. The maximum absolute atomic E-state index is 12.7. The quantitative estimate of drug-likeness (QED) is 0.558. The van der Waals surface area contributed by atoms with Gasteiger partial charge < -0.3 is 24.4 Å². The molecule has 0 unspecified atom stereocenters. The van der Waals surface area contributed by atoms with Crippen molar-refractivity contribution in [3.8, 4) is 22.1 Å². The lowest BCUT2D eigenvalue weighted by Crippen LogP contribution is -2.36. The second kappa shape index (κ2) is 10.4. The highest BCUT2D eigenvalue weighted by Crippen LogP contribution is 2.29. The van der Waals surface area contributed by atoms with Crippen molar-refractivity contribution >= 4 is 23.1 Å². The first-order chi connectivity index (χ1) is 15.7. The molecule has 0 aliphatic carbocycles. The number of anilines is 1. The van der Waals surface area contributed by atoms with Gasteiger partial charge >= 0.3 is 0 Å². The normalized spacial score (nSPS) is 13.6. The molecule has 9 heteroatoms. The van der Waals surface area contributed by atoms with Gasteiger partial charge in [-0.3, -0.25) is 4.79 Å².